The van der Waals surface area contributed by atoms with E-state index in [4.69, 9.17) is 0 Å². The molecule has 0 atom stereocenters. The molecule has 0 radical (unpaired) electrons. The van der Waals surface area contributed by atoms with Crippen molar-refractivity contribution in [2.45, 2.75) is 69.4 Å². The quantitative estimate of drug-likeness (QED) is 0.877. The predicted molar refractivity (Wildman–Crippen MR) is 96.1 cm³/mol. The third-order valence-corrected chi connectivity index (χ3v) is 6.00. The van der Waals surface area contributed by atoms with Gasteiger partial charge in [0.25, 0.3) is 0 Å². The van der Waals surface area contributed by atoms with Crippen molar-refractivity contribution in [2.24, 2.45) is 5.92 Å². The number of carbonyl (C=O) groups is 1. The van der Waals surface area contributed by atoms with Gasteiger partial charge in [0, 0.05) is 48.6 Å². The molecule has 2 aromatic rings. The molecule has 0 saturated heterocycles. The van der Waals surface area contributed by atoms with E-state index in [9.17, 15) is 13.6 Å². The van der Waals surface area contributed by atoms with Gasteiger partial charge in [-0.1, -0.05) is 0 Å². The van der Waals surface area contributed by atoms with Gasteiger partial charge in [-0.2, -0.15) is 0 Å². The van der Waals surface area contributed by atoms with Gasteiger partial charge in [0.2, 0.25) is 11.8 Å². The minimum Gasteiger partial charge on any atom is -0.353 e. The molecule has 1 amide bonds. The fourth-order valence-electron chi connectivity index (χ4n) is 4.40. The number of nitrogens with one attached hydrogen (secondary N) is 1. The van der Waals surface area contributed by atoms with Crippen LogP contribution in [0.2, 0.25) is 0 Å². The Balaban J connectivity index is 1.31. The summed E-state index contributed by atoms with van der Waals surface area (Å²) in [5.41, 5.74) is 1.02. The lowest BCUT2D eigenvalue weighted by molar-refractivity contribution is -0.130. The van der Waals surface area contributed by atoms with Crippen molar-refractivity contribution in [1.29, 1.82) is 0 Å². The zero-order valence-electron chi connectivity index (χ0n) is 14.8. The second-order valence-electron chi connectivity index (χ2n) is 7.78. The van der Waals surface area contributed by atoms with Gasteiger partial charge < -0.3 is 9.88 Å². The number of rotatable bonds is 3. The van der Waals surface area contributed by atoms with Gasteiger partial charge in [0.05, 0.1) is 0 Å². The van der Waals surface area contributed by atoms with E-state index >= 15 is 0 Å². The standard InChI is InChI=1S/C20H25F2N3O/c21-20(22)10-7-15(8-11-20)19(26)24-16-3-5-17(6-4-16)25-13-9-14-2-1-12-23-18(14)25/h1-2,9,12-13,15-17H,3-8,10-11H2,(H,24,26). The Morgan fingerprint density at radius 1 is 1.12 bits per heavy atom. The molecule has 0 spiro atoms. The number of fused-ring (bicyclic) bond motifs is 1. The molecular weight excluding hydrogens is 336 g/mol. The molecule has 140 valence electrons. The van der Waals surface area contributed by atoms with Gasteiger partial charge in [0.15, 0.2) is 0 Å². The van der Waals surface area contributed by atoms with Crippen LogP contribution in [0.1, 0.15) is 57.4 Å². The number of aromatic nitrogens is 2. The van der Waals surface area contributed by atoms with Gasteiger partial charge in [-0.15, -0.1) is 0 Å². The molecule has 6 heteroatoms. The predicted octanol–water partition coefficient (Wildman–Crippen LogP) is 4.46. The maximum Gasteiger partial charge on any atom is 0.248 e. The van der Waals surface area contributed by atoms with Crippen LogP contribution >= 0.6 is 0 Å². The first-order valence-corrected chi connectivity index (χ1v) is 9.62. The highest BCUT2D eigenvalue weighted by atomic mass is 19.3. The molecule has 0 aromatic carbocycles. The molecule has 0 aliphatic heterocycles. The average molecular weight is 361 g/mol. The van der Waals surface area contributed by atoms with Crippen molar-refractivity contribution >= 4 is 16.9 Å². The molecule has 2 aliphatic rings. The van der Waals surface area contributed by atoms with E-state index in [0.717, 1.165) is 36.7 Å². The number of amides is 1. The second kappa shape index (κ2) is 6.97. The van der Waals surface area contributed by atoms with Gasteiger partial charge in [0.1, 0.15) is 5.65 Å². The Hall–Kier alpha value is -1.98. The van der Waals surface area contributed by atoms with Crippen molar-refractivity contribution in [3.8, 4) is 0 Å². The maximum absolute atomic E-state index is 13.2. The Morgan fingerprint density at radius 2 is 1.85 bits per heavy atom. The Kier molecular flexibility index (Phi) is 4.67. The molecule has 2 saturated carbocycles. The van der Waals surface area contributed by atoms with Crippen LogP contribution in [-0.4, -0.2) is 27.4 Å². The average Bonchev–Trinajstić information content (AvgIpc) is 3.06. The van der Waals surface area contributed by atoms with Gasteiger partial charge in [-0.05, 0) is 56.7 Å². The molecule has 0 bridgehead atoms. The van der Waals surface area contributed by atoms with Crippen LogP contribution in [-0.2, 0) is 4.79 Å². The minimum absolute atomic E-state index is 0.0305. The van der Waals surface area contributed by atoms with Crippen molar-refractivity contribution < 1.29 is 13.6 Å². The number of halogens is 2. The molecule has 26 heavy (non-hydrogen) atoms. The molecule has 1 N–H and O–H groups in total. The van der Waals surface area contributed by atoms with Gasteiger partial charge in [-0.3, -0.25) is 4.79 Å². The second-order valence-corrected chi connectivity index (χ2v) is 7.78. The summed E-state index contributed by atoms with van der Waals surface area (Å²) < 4.78 is 28.7. The van der Waals surface area contributed by atoms with E-state index in [0.29, 0.717) is 18.9 Å². The zero-order valence-corrected chi connectivity index (χ0v) is 14.8. The summed E-state index contributed by atoms with van der Waals surface area (Å²) in [7, 11) is 0. The molecular formula is C20H25F2N3O. The van der Waals surface area contributed by atoms with Crippen LogP contribution in [0.3, 0.4) is 0 Å². The van der Waals surface area contributed by atoms with Gasteiger partial charge in [-0.25, -0.2) is 13.8 Å². The van der Waals surface area contributed by atoms with Crippen molar-refractivity contribution in [2.75, 3.05) is 0 Å². The summed E-state index contributed by atoms with van der Waals surface area (Å²) >= 11 is 0. The third kappa shape index (κ3) is 3.60. The Bertz CT molecular complexity index is 770. The first kappa shape index (κ1) is 17.4. The fraction of sp³-hybridized carbons (Fsp3) is 0.600. The smallest absolute Gasteiger partial charge is 0.248 e. The lowest BCUT2D eigenvalue weighted by Gasteiger charge is -2.32. The van der Waals surface area contributed by atoms with Crippen molar-refractivity contribution in [3.05, 3.63) is 30.6 Å². The van der Waals surface area contributed by atoms with E-state index < -0.39 is 5.92 Å². The first-order valence-electron chi connectivity index (χ1n) is 9.62. The van der Waals surface area contributed by atoms with Crippen LogP contribution in [0.25, 0.3) is 11.0 Å². The third-order valence-electron chi connectivity index (χ3n) is 6.00. The van der Waals surface area contributed by atoms with Crippen LogP contribution in [0, 0.1) is 5.92 Å². The highest BCUT2D eigenvalue weighted by Crippen LogP contribution is 2.37. The molecule has 2 aromatic heterocycles. The molecule has 4 rings (SSSR count). The lowest BCUT2D eigenvalue weighted by atomic mass is 9.85. The topological polar surface area (TPSA) is 46.9 Å². The molecule has 2 fully saturated rings. The summed E-state index contributed by atoms with van der Waals surface area (Å²) in [6, 6.07) is 6.67. The normalized spacial score (nSPS) is 26.7. The summed E-state index contributed by atoms with van der Waals surface area (Å²) in [6.45, 7) is 0. The van der Waals surface area contributed by atoms with Gasteiger partial charge >= 0.3 is 0 Å². The SMILES string of the molecule is O=C(NC1CCC(n2ccc3cccnc32)CC1)C1CCC(F)(F)CC1. The van der Waals surface area contributed by atoms with E-state index in [2.05, 4.69) is 33.2 Å². The van der Waals surface area contributed by atoms with E-state index in [1.165, 1.54) is 0 Å². The number of hydrogen-bond acceptors (Lipinski definition) is 2. The minimum atomic E-state index is -2.58. The largest absolute Gasteiger partial charge is 0.353 e. The highest BCUT2D eigenvalue weighted by molar-refractivity contribution is 5.79. The van der Waals surface area contributed by atoms with Crippen LogP contribution in [0.15, 0.2) is 30.6 Å². The number of carbonyl (C=O) groups excluding carboxylic acids is 1. The first-order chi connectivity index (χ1) is 12.5. The lowest BCUT2D eigenvalue weighted by Crippen LogP contribution is -2.42. The zero-order chi connectivity index (χ0) is 18.1. The van der Waals surface area contributed by atoms with E-state index in [-0.39, 0.29) is 30.7 Å². The van der Waals surface area contributed by atoms with Crippen LogP contribution in [0.5, 0.6) is 0 Å². The Morgan fingerprint density at radius 3 is 2.58 bits per heavy atom. The number of pyridine rings is 1. The summed E-state index contributed by atoms with van der Waals surface area (Å²) in [5, 5.41) is 4.26. The highest BCUT2D eigenvalue weighted by Gasteiger charge is 2.38. The molecule has 2 aliphatic carbocycles. The monoisotopic (exact) mass is 361 g/mol. The molecule has 2 heterocycles. The maximum atomic E-state index is 13.2. The van der Waals surface area contributed by atoms with Crippen LogP contribution in [0.4, 0.5) is 8.78 Å². The summed E-state index contributed by atoms with van der Waals surface area (Å²) in [4.78, 5) is 16.9. The summed E-state index contributed by atoms with van der Waals surface area (Å²) in [5.74, 6) is -2.86. The summed E-state index contributed by atoms with van der Waals surface area (Å²) in [6.07, 6.45) is 8.03. The molecule has 4 nitrogen and oxygen atoms in total. The van der Waals surface area contributed by atoms with Crippen LogP contribution < -0.4 is 5.32 Å². The number of hydrogen-bond donors (Lipinski definition) is 1. The number of nitrogens with zero attached hydrogens (tertiary/aromatic N) is 2. The van der Waals surface area contributed by atoms with E-state index in [1.807, 2.05) is 12.3 Å². The van der Waals surface area contributed by atoms with Crippen molar-refractivity contribution in [3.63, 3.8) is 0 Å². The number of alkyl halides is 2. The fourth-order valence-corrected chi connectivity index (χ4v) is 4.40. The van der Waals surface area contributed by atoms with Crippen molar-refractivity contribution in [1.82, 2.24) is 14.9 Å². The molecule has 0 unspecified atom stereocenters. The Labute approximate surface area is 152 Å². The van der Waals surface area contributed by atoms with E-state index in [1.54, 1.807) is 0 Å².